The standard InChI is InChI=1S/C13H18FN3O2S/c14-10-7-11(15)9-13(8-10)20(18,19)17-5-3-16(4-6-17)12-1-2-12/h7-9,12H,1-6,15H2. The van der Waals surface area contributed by atoms with Crippen molar-refractivity contribution in [1.29, 1.82) is 0 Å². The molecule has 0 radical (unpaired) electrons. The number of hydrogen-bond acceptors (Lipinski definition) is 4. The molecule has 0 aromatic heterocycles. The molecule has 0 amide bonds. The van der Waals surface area contributed by atoms with E-state index in [1.54, 1.807) is 0 Å². The first-order valence-corrected chi connectivity index (χ1v) is 8.21. The molecule has 1 aromatic rings. The van der Waals surface area contributed by atoms with E-state index < -0.39 is 15.8 Å². The van der Waals surface area contributed by atoms with Gasteiger partial charge in [0.15, 0.2) is 0 Å². The summed E-state index contributed by atoms with van der Waals surface area (Å²) in [4.78, 5) is 2.27. The van der Waals surface area contributed by atoms with Gasteiger partial charge in [0.2, 0.25) is 10.0 Å². The van der Waals surface area contributed by atoms with Gasteiger partial charge < -0.3 is 5.73 Å². The first kappa shape index (κ1) is 13.8. The van der Waals surface area contributed by atoms with Gasteiger partial charge in [-0.3, -0.25) is 4.90 Å². The molecule has 0 atom stereocenters. The van der Waals surface area contributed by atoms with E-state index in [0.717, 1.165) is 25.2 Å². The lowest BCUT2D eigenvalue weighted by atomic mass is 10.3. The maximum absolute atomic E-state index is 13.3. The Morgan fingerprint density at radius 1 is 1.10 bits per heavy atom. The van der Waals surface area contributed by atoms with Gasteiger partial charge in [-0.25, -0.2) is 12.8 Å². The van der Waals surface area contributed by atoms with Crippen molar-refractivity contribution < 1.29 is 12.8 Å². The molecule has 1 saturated carbocycles. The molecule has 0 unspecified atom stereocenters. The molecular weight excluding hydrogens is 281 g/mol. The molecule has 1 aliphatic heterocycles. The quantitative estimate of drug-likeness (QED) is 0.841. The normalized spacial score (nSPS) is 22.1. The molecule has 5 nitrogen and oxygen atoms in total. The van der Waals surface area contributed by atoms with Crippen LogP contribution in [0.5, 0.6) is 0 Å². The van der Waals surface area contributed by atoms with Crippen molar-refractivity contribution in [2.24, 2.45) is 0 Å². The lowest BCUT2D eigenvalue weighted by molar-refractivity contribution is 0.180. The Morgan fingerprint density at radius 3 is 2.30 bits per heavy atom. The number of sulfonamides is 1. The van der Waals surface area contributed by atoms with Crippen LogP contribution in [0.4, 0.5) is 10.1 Å². The minimum atomic E-state index is -3.65. The fraction of sp³-hybridized carbons (Fsp3) is 0.538. The highest BCUT2D eigenvalue weighted by atomic mass is 32.2. The van der Waals surface area contributed by atoms with Crippen molar-refractivity contribution in [2.45, 2.75) is 23.8 Å². The van der Waals surface area contributed by atoms with Gasteiger partial charge in [0.05, 0.1) is 4.90 Å². The number of nitrogens with two attached hydrogens (primary N) is 1. The second kappa shape index (κ2) is 4.98. The Labute approximate surface area is 118 Å². The average Bonchev–Trinajstić information content (AvgIpc) is 3.22. The van der Waals surface area contributed by atoms with Gasteiger partial charge in [0, 0.05) is 37.9 Å². The molecule has 7 heteroatoms. The van der Waals surface area contributed by atoms with Crippen molar-refractivity contribution in [2.75, 3.05) is 31.9 Å². The van der Waals surface area contributed by atoms with E-state index in [1.807, 2.05) is 0 Å². The highest BCUT2D eigenvalue weighted by Crippen LogP contribution is 2.29. The first-order valence-electron chi connectivity index (χ1n) is 6.77. The Hall–Kier alpha value is -1.18. The van der Waals surface area contributed by atoms with Crippen molar-refractivity contribution in [3.8, 4) is 0 Å². The lowest BCUT2D eigenvalue weighted by Crippen LogP contribution is -2.49. The second-order valence-electron chi connectivity index (χ2n) is 5.39. The van der Waals surface area contributed by atoms with Crippen LogP contribution in [0.25, 0.3) is 0 Å². The summed E-state index contributed by atoms with van der Waals surface area (Å²) < 4.78 is 39.7. The predicted octanol–water partition coefficient (Wildman–Crippen LogP) is 0.877. The molecule has 110 valence electrons. The zero-order valence-corrected chi connectivity index (χ0v) is 11.9. The van der Waals surface area contributed by atoms with Gasteiger partial charge >= 0.3 is 0 Å². The molecule has 2 aliphatic rings. The molecule has 0 spiro atoms. The van der Waals surface area contributed by atoms with Crippen LogP contribution in [-0.2, 0) is 10.0 Å². The number of anilines is 1. The summed E-state index contributed by atoms with van der Waals surface area (Å²) in [6.07, 6.45) is 2.43. The van der Waals surface area contributed by atoms with Crippen LogP contribution in [0.1, 0.15) is 12.8 Å². The largest absolute Gasteiger partial charge is 0.399 e. The first-order chi connectivity index (χ1) is 9.46. The molecule has 3 rings (SSSR count). The molecule has 2 fully saturated rings. The van der Waals surface area contributed by atoms with Crippen LogP contribution in [-0.4, -0.2) is 49.8 Å². The average molecular weight is 299 g/mol. The van der Waals surface area contributed by atoms with Gasteiger partial charge in [-0.15, -0.1) is 0 Å². The highest BCUT2D eigenvalue weighted by Gasteiger charge is 2.35. The van der Waals surface area contributed by atoms with Crippen molar-refractivity contribution >= 4 is 15.7 Å². The maximum Gasteiger partial charge on any atom is 0.243 e. The Bertz CT molecular complexity index is 588. The minimum absolute atomic E-state index is 0.0603. The van der Waals surface area contributed by atoms with Crippen LogP contribution in [0.2, 0.25) is 0 Å². The number of halogens is 1. The van der Waals surface area contributed by atoms with Crippen LogP contribution in [0, 0.1) is 5.82 Å². The molecular formula is C13H18FN3O2S. The fourth-order valence-corrected chi connectivity index (χ4v) is 4.12. The summed E-state index contributed by atoms with van der Waals surface area (Å²) in [7, 11) is -3.65. The summed E-state index contributed by atoms with van der Waals surface area (Å²) in [5.41, 5.74) is 5.65. The molecule has 0 bridgehead atoms. The Balaban J connectivity index is 1.77. The number of hydrogen-bond donors (Lipinski definition) is 1. The zero-order valence-electron chi connectivity index (χ0n) is 11.1. The number of rotatable bonds is 3. The van der Waals surface area contributed by atoms with Crippen molar-refractivity contribution in [3.05, 3.63) is 24.0 Å². The van der Waals surface area contributed by atoms with Gasteiger partial charge in [-0.05, 0) is 31.0 Å². The van der Waals surface area contributed by atoms with Gasteiger partial charge in [0.1, 0.15) is 5.82 Å². The van der Waals surface area contributed by atoms with Crippen LogP contribution in [0.15, 0.2) is 23.1 Å². The molecule has 1 heterocycles. The molecule has 2 N–H and O–H groups in total. The van der Waals surface area contributed by atoms with E-state index in [-0.39, 0.29) is 10.6 Å². The monoisotopic (exact) mass is 299 g/mol. The Kier molecular flexibility index (Phi) is 3.43. The maximum atomic E-state index is 13.3. The van der Waals surface area contributed by atoms with Crippen LogP contribution < -0.4 is 5.73 Å². The molecule has 1 aromatic carbocycles. The third-order valence-corrected chi connectivity index (χ3v) is 5.74. The van der Waals surface area contributed by atoms with E-state index in [4.69, 9.17) is 5.73 Å². The van der Waals surface area contributed by atoms with E-state index in [2.05, 4.69) is 4.90 Å². The van der Waals surface area contributed by atoms with Crippen molar-refractivity contribution in [3.63, 3.8) is 0 Å². The SMILES string of the molecule is Nc1cc(F)cc(S(=O)(=O)N2CCN(C3CC3)CC2)c1. The third-order valence-electron chi connectivity index (χ3n) is 3.87. The van der Waals surface area contributed by atoms with E-state index in [1.165, 1.54) is 23.2 Å². The van der Waals surface area contributed by atoms with Gasteiger partial charge in [-0.2, -0.15) is 4.31 Å². The highest BCUT2D eigenvalue weighted by molar-refractivity contribution is 7.89. The topological polar surface area (TPSA) is 66.6 Å². The van der Waals surface area contributed by atoms with Crippen molar-refractivity contribution in [1.82, 2.24) is 9.21 Å². The number of nitrogens with zero attached hydrogens (tertiary/aromatic N) is 2. The smallest absolute Gasteiger partial charge is 0.243 e. The van der Waals surface area contributed by atoms with E-state index >= 15 is 0 Å². The summed E-state index contributed by atoms with van der Waals surface area (Å²) >= 11 is 0. The zero-order chi connectivity index (χ0) is 14.3. The van der Waals surface area contributed by atoms with Gasteiger partial charge in [0.25, 0.3) is 0 Å². The summed E-state index contributed by atoms with van der Waals surface area (Å²) in [6, 6.07) is 4.10. The summed E-state index contributed by atoms with van der Waals surface area (Å²) in [6.45, 7) is 2.40. The summed E-state index contributed by atoms with van der Waals surface area (Å²) in [5, 5.41) is 0. The van der Waals surface area contributed by atoms with E-state index in [0.29, 0.717) is 19.1 Å². The summed E-state index contributed by atoms with van der Waals surface area (Å²) in [5.74, 6) is -0.625. The van der Waals surface area contributed by atoms with Crippen LogP contribution >= 0.6 is 0 Å². The predicted molar refractivity (Wildman–Crippen MR) is 74.2 cm³/mol. The molecule has 1 saturated heterocycles. The molecule has 20 heavy (non-hydrogen) atoms. The minimum Gasteiger partial charge on any atom is -0.399 e. The third kappa shape index (κ3) is 2.65. The molecule has 1 aliphatic carbocycles. The second-order valence-corrected chi connectivity index (χ2v) is 7.33. The fourth-order valence-electron chi connectivity index (χ4n) is 2.63. The van der Waals surface area contributed by atoms with Crippen LogP contribution in [0.3, 0.4) is 0 Å². The lowest BCUT2D eigenvalue weighted by Gasteiger charge is -2.34. The number of benzene rings is 1. The number of piperazine rings is 1. The van der Waals surface area contributed by atoms with Gasteiger partial charge in [-0.1, -0.05) is 0 Å². The Morgan fingerprint density at radius 2 is 1.75 bits per heavy atom. The number of nitrogen functional groups attached to an aromatic ring is 1. The van der Waals surface area contributed by atoms with E-state index in [9.17, 15) is 12.8 Å².